The molecular weight excluding hydrogens is 288 g/mol. The van der Waals surface area contributed by atoms with Crippen LogP contribution in [-0.4, -0.2) is 9.97 Å². The Hall–Kier alpha value is -0.150. The van der Waals surface area contributed by atoms with Gasteiger partial charge in [0, 0.05) is 6.42 Å². The fourth-order valence-corrected chi connectivity index (χ4v) is 2.04. The van der Waals surface area contributed by atoms with Crippen molar-refractivity contribution in [3.63, 3.8) is 0 Å². The van der Waals surface area contributed by atoms with Gasteiger partial charge in [-0.15, -0.1) is 0 Å². The van der Waals surface area contributed by atoms with Crippen molar-refractivity contribution < 1.29 is 0 Å². The lowest BCUT2D eigenvalue weighted by molar-refractivity contribution is 0.599. The SMILES string of the molecule is CC(C)Cc1nc(Cl)c(Br)c(CC(C)C)n1. The van der Waals surface area contributed by atoms with E-state index in [1.54, 1.807) is 0 Å². The summed E-state index contributed by atoms with van der Waals surface area (Å²) < 4.78 is 0.843. The number of nitrogens with zero attached hydrogens (tertiary/aromatic N) is 2. The Labute approximate surface area is 111 Å². The zero-order chi connectivity index (χ0) is 12.3. The van der Waals surface area contributed by atoms with Crippen molar-refractivity contribution in [2.45, 2.75) is 40.5 Å². The number of hydrogen-bond acceptors (Lipinski definition) is 2. The number of hydrogen-bond donors (Lipinski definition) is 0. The van der Waals surface area contributed by atoms with Gasteiger partial charge in [-0.05, 0) is 34.2 Å². The minimum atomic E-state index is 0.529. The van der Waals surface area contributed by atoms with Gasteiger partial charge in [-0.3, -0.25) is 0 Å². The second kappa shape index (κ2) is 5.97. The number of rotatable bonds is 4. The van der Waals surface area contributed by atoms with Crippen LogP contribution in [0.1, 0.15) is 39.2 Å². The van der Waals surface area contributed by atoms with Crippen LogP contribution < -0.4 is 0 Å². The Bertz CT molecular complexity index is 364. The minimum Gasteiger partial charge on any atom is -0.237 e. The van der Waals surface area contributed by atoms with Crippen LogP contribution in [0.3, 0.4) is 0 Å². The summed E-state index contributed by atoms with van der Waals surface area (Å²) in [6, 6.07) is 0. The largest absolute Gasteiger partial charge is 0.237 e. The first-order valence-corrected chi connectivity index (χ1v) is 6.78. The Morgan fingerprint density at radius 3 is 2.12 bits per heavy atom. The van der Waals surface area contributed by atoms with Gasteiger partial charge in [0.2, 0.25) is 0 Å². The lowest BCUT2D eigenvalue weighted by Gasteiger charge is -2.11. The second-order valence-electron chi connectivity index (χ2n) is 4.89. The Morgan fingerprint density at radius 1 is 1.06 bits per heavy atom. The van der Waals surface area contributed by atoms with Crippen molar-refractivity contribution in [3.05, 3.63) is 21.1 Å². The molecule has 1 rings (SSSR count). The van der Waals surface area contributed by atoms with Crippen molar-refractivity contribution in [1.29, 1.82) is 0 Å². The highest BCUT2D eigenvalue weighted by Gasteiger charge is 2.12. The summed E-state index contributed by atoms with van der Waals surface area (Å²) in [6.07, 6.45) is 1.80. The van der Waals surface area contributed by atoms with E-state index in [0.717, 1.165) is 28.8 Å². The molecule has 0 spiro atoms. The molecule has 0 aromatic carbocycles. The fourth-order valence-electron chi connectivity index (χ4n) is 1.49. The van der Waals surface area contributed by atoms with Gasteiger partial charge < -0.3 is 0 Å². The molecule has 0 aliphatic heterocycles. The molecule has 2 nitrogen and oxygen atoms in total. The summed E-state index contributed by atoms with van der Waals surface area (Å²) in [4.78, 5) is 8.86. The molecule has 16 heavy (non-hydrogen) atoms. The van der Waals surface area contributed by atoms with Gasteiger partial charge in [0.15, 0.2) is 0 Å². The van der Waals surface area contributed by atoms with Crippen LogP contribution in [-0.2, 0) is 12.8 Å². The van der Waals surface area contributed by atoms with Gasteiger partial charge >= 0.3 is 0 Å². The molecule has 0 aliphatic rings. The molecule has 0 amide bonds. The maximum absolute atomic E-state index is 6.09. The van der Waals surface area contributed by atoms with Crippen LogP contribution in [0.4, 0.5) is 0 Å². The van der Waals surface area contributed by atoms with E-state index >= 15 is 0 Å². The van der Waals surface area contributed by atoms with E-state index in [9.17, 15) is 0 Å². The van der Waals surface area contributed by atoms with Gasteiger partial charge in [0.25, 0.3) is 0 Å². The lowest BCUT2D eigenvalue weighted by atomic mass is 10.1. The first kappa shape index (κ1) is 13.9. The summed E-state index contributed by atoms with van der Waals surface area (Å²) >= 11 is 9.54. The normalized spacial score (nSPS) is 11.5. The molecule has 90 valence electrons. The average Bonchev–Trinajstić information content (AvgIpc) is 2.11. The topological polar surface area (TPSA) is 25.8 Å². The molecule has 1 aromatic heterocycles. The molecule has 0 aliphatic carbocycles. The van der Waals surface area contributed by atoms with Crippen molar-refractivity contribution in [1.82, 2.24) is 9.97 Å². The molecule has 4 heteroatoms. The first-order chi connectivity index (χ1) is 7.40. The molecule has 0 saturated carbocycles. The smallest absolute Gasteiger partial charge is 0.147 e. The van der Waals surface area contributed by atoms with E-state index < -0.39 is 0 Å². The molecule has 1 heterocycles. The Morgan fingerprint density at radius 2 is 1.62 bits per heavy atom. The van der Waals surface area contributed by atoms with Gasteiger partial charge in [0.05, 0.1) is 10.2 Å². The van der Waals surface area contributed by atoms with Crippen molar-refractivity contribution in [2.75, 3.05) is 0 Å². The van der Waals surface area contributed by atoms with Gasteiger partial charge in [-0.1, -0.05) is 39.3 Å². The van der Waals surface area contributed by atoms with Crippen LogP contribution in [0.2, 0.25) is 5.15 Å². The maximum atomic E-state index is 6.09. The Balaban J connectivity index is 3.01. The maximum Gasteiger partial charge on any atom is 0.147 e. The quantitative estimate of drug-likeness (QED) is 0.776. The van der Waals surface area contributed by atoms with E-state index in [1.807, 2.05) is 0 Å². The highest BCUT2D eigenvalue weighted by molar-refractivity contribution is 9.10. The van der Waals surface area contributed by atoms with E-state index in [-0.39, 0.29) is 0 Å². The van der Waals surface area contributed by atoms with E-state index in [1.165, 1.54) is 0 Å². The summed E-state index contributed by atoms with van der Waals surface area (Å²) in [5.41, 5.74) is 1.02. The van der Waals surface area contributed by atoms with E-state index in [4.69, 9.17) is 11.6 Å². The van der Waals surface area contributed by atoms with Gasteiger partial charge in [-0.25, -0.2) is 9.97 Å². The molecule has 0 unspecified atom stereocenters. The first-order valence-electron chi connectivity index (χ1n) is 5.61. The third-order valence-corrected chi connectivity index (χ3v) is 3.45. The van der Waals surface area contributed by atoms with Crippen LogP contribution in [0.5, 0.6) is 0 Å². The molecule has 0 radical (unpaired) electrons. The molecule has 0 atom stereocenters. The lowest BCUT2D eigenvalue weighted by Crippen LogP contribution is -2.07. The molecule has 0 bridgehead atoms. The predicted octanol–water partition coefficient (Wildman–Crippen LogP) is 4.29. The summed E-state index contributed by atoms with van der Waals surface area (Å²) in [5.74, 6) is 1.96. The minimum absolute atomic E-state index is 0.529. The fraction of sp³-hybridized carbons (Fsp3) is 0.667. The summed E-state index contributed by atoms with van der Waals surface area (Å²) in [5, 5.41) is 0.529. The monoisotopic (exact) mass is 304 g/mol. The zero-order valence-corrected chi connectivity index (χ0v) is 12.6. The number of aromatic nitrogens is 2. The second-order valence-corrected chi connectivity index (χ2v) is 6.04. The average molecular weight is 306 g/mol. The predicted molar refractivity (Wildman–Crippen MR) is 71.8 cm³/mol. The summed E-state index contributed by atoms with van der Waals surface area (Å²) in [6.45, 7) is 8.65. The third kappa shape index (κ3) is 4.02. The third-order valence-electron chi connectivity index (χ3n) is 2.12. The van der Waals surface area contributed by atoms with Crippen molar-refractivity contribution >= 4 is 27.5 Å². The zero-order valence-electron chi connectivity index (χ0n) is 10.2. The van der Waals surface area contributed by atoms with Crippen LogP contribution in [0.25, 0.3) is 0 Å². The van der Waals surface area contributed by atoms with Crippen LogP contribution in [0.15, 0.2) is 4.47 Å². The van der Waals surface area contributed by atoms with Crippen LogP contribution >= 0.6 is 27.5 Å². The summed E-state index contributed by atoms with van der Waals surface area (Å²) in [7, 11) is 0. The van der Waals surface area contributed by atoms with Crippen molar-refractivity contribution in [2.24, 2.45) is 11.8 Å². The molecule has 0 saturated heterocycles. The standard InChI is InChI=1S/C12H18BrClN2/c1-7(2)5-9-11(13)12(14)16-10(15-9)6-8(3)4/h7-8H,5-6H2,1-4H3. The highest BCUT2D eigenvalue weighted by atomic mass is 79.9. The molecular formula is C12H18BrClN2. The van der Waals surface area contributed by atoms with E-state index in [0.29, 0.717) is 17.0 Å². The molecule has 0 N–H and O–H groups in total. The number of halogens is 2. The van der Waals surface area contributed by atoms with Crippen molar-refractivity contribution in [3.8, 4) is 0 Å². The molecule has 0 fully saturated rings. The van der Waals surface area contributed by atoms with Crippen LogP contribution in [0, 0.1) is 11.8 Å². The van der Waals surface area contributed by atoms with Gasteiger partial charge in [-0.2, -0.15) is 0 Å². The highest BCUT2D eigenvalue weighted by Crippen LogP contribution is 2.25. The molecule has 1 aromatic rings. The van der Waals surface area contributed by atoms with Gasteiger partial charge in [0.1, 0.15) is 11.0 Å². The Kier molecular flexibility index (Phi) is 5.19. The van der Waals surface area contributed by atoms with E-state index in [2.05, 4.69) is 53.6 Å².